The molecule has 0 radical (unpaired) electrons. The number of benzene rings is 1. The van der Waals surface area contributed by atoms with E-state index in [9.17, 15) is 13.9 Å². The summed E-state index contributed by atoms with van der Waals surface area (Å²) >= 11 is 0. The van der Waals surface area contributed by atoms with Crippen LogP contribution in [-0.4, -0.2) is 25.9 Å². The van der Waals surface area contributed by atoms with Crippen LogP contribution in [0.1, 0.15) is 5.56 Å². The van der Waals surface area contributed by atoms with Gasteiger partial charge in [-0.15, -0.1) is 0 Å². The van der Waals surface area contributed by atoms with Crippen LogP contribution in [0.15, 0.2) is 29.2 Å². The SMILES string of the molecule is Cc1ccc(S(O)(O)CC(=O)O)cc1. The Morgan fingerprint density at radius 2 is 1.79 bits per heavy atom. The molecule has 0 amide bonds. The van der Waals surface area contributed by atoms with Crippen molar-refractivity contribution in [2.24, 2.45) is 0 Å². The lowest BCUT2D eigenvalue weighted by Gasteiger charge is -2.30. The summed E-state index contributed by atoms with van der Waals surface area (Å²) in [5.41, 5.74) is 0.985. The predicted molar refractivity (Wildman–Crippen MR) is 54.8 cm³/mol. The molecule has 0 fully saturated rings. The molecule has 5 heteroatoms. The molecule has 0 saturated carbocycles. The van der Waals surface area contributed by atoms with Gasteiger partial charge >= 0.3 is 5.97 Å². The summed E-state index contributed by atoms with van der Waals surface area (Å²) < 4.78 is 19.0. The maximum Gasteiger partial charge on any atom is 0.323 e. The number of carbonyl (C=O) groups is 1. The summed E-state index contributed by atoms with van der Waals surface area (Å²) in [6.45, 7) is 1.87. The van der Waals surface area contributed by atoms with Gasteiger partial charge in [-0.2, -0.15) is 10.6 Å². The number of hydrogen-bond donors (Lipinski definition) is 3. The fraction of sp³-hybridized carbons (Fsp3) is 0.222. The summed E-state index contributed by atoms with van der Waals surface area (Å²) in [4.78, 5) is 10.6. The molecule has 0 spiro atoms. The number of rotatable bonds is 3. The van der Waals surface area contributed by atoms with E-state index in [0.717, 1.165) is 5.56 Å². The lowest BCUT2D eigenvalue weighted by Crippen LogP contribution is -2.12. The topological polar surface area (TPSA) is 77.8 Å². The number of aliphatic carboxylic acids is 1. The Kier molecular flexibility index (Phi) is 3.15. The first kappa shape index (κ1) is 11.0. The molecule has 0 aliphatic carbocycles. The highest BCUT2D eigenvalue weighted by Gasteiger charge is 2.19. The second kappa shape index (κ2) is 4.00. The first-order valence-electron chi connectivity index (χ1n) is 3.96. The van der Waals surface area contributed by atoms with E-state index in [0.29, 0.717) is 0 Å². The zero-order valence-electron chi connectivity index (χ0n) is 7.67. The van der Waals surface area contributed by atoms with E-state index in [2.05, 4.69) is 0 Å². The van der Waals surface area contributed by atoms with Crippen molar-refractivity contribution in [3.05, 3.63) is 29.8 Å². The van der Waals surface area contributed by atoms with Gasteiger partial charge in [0.15, 0.2) is 0 Å². The lowest BCUT2D eigenvalue weighted by molar-refractivity contribution is -0.134. The highest BCUT2D eigenvalue weighted by atomic mass is 32.3. The summed E-state index contributed by atoms with van der Waals surface area (Å²) in [5, 5.41) is 8.47. The molecule has 3 N–H and O–H groups in total. The molecular weight excluding hydrogens is 204 g/mol. The smallest absolute Gasteiger partial charge is 0.323 e. The van der Waals surface area contributed by atoms with Crippen molar-refractivity contribution in [2.75, 3.05) is 5.75 Å². The van der Waals surface area contributed by atoms with E-state index >= 15 is 0 Å². The average Bonchev–Trinajstić information content (AvgIpc) is 2.02. The average molecular weight is 216 g/mol. The van der Waals surface area contributed by atoms with Gasteiger partial charge in [-0.1, -0.05) is 17.7 Å². The summed E-state index contributed by atoms with van der Waals surface area (Å²) in [7, 11) is -3.18. The summed E-state index contributed by atoms with van der Waals surface area (Å²) in [6.07, 6.45) is 0. The summed E-state index contributed by atoms with van der Waals surface area (Å²) in [5.74, 6) is -1.86. The Hall–Kier alpha value is -1.04. The standard InChI is InChI=1S/C9H12O4S/c1-7-2-4-8(5-3-7)14(12,13)6-9(10)11/h2-5,12-13H,6H2,1H3,(H,10,11). The van der Waals surface area contributed by atoms with Crippen molar-refractivity contribution < 1.29 is 19.0 Å². The van der Waals surface area contributed by atoms with Crippen LogP contribution in [0.4, 0.5) is 0 Å². The minimum Gasteiger partial charge on any atom is -0.480 e. The maximum atomic E-state index is 10.4. The van der Waals surface area contributed by atoms with E-state index in [1.54, 1.807) is 12.1 Å². The van der Waals surface area contributed by atoms with E-state index in [1.807, 2.05) is 6.92 Å². The molecule has 0 heterocycles. The van der Waals surface area contributed by atoms with E-state index in [-0.39, 0.29) is 4.90 Å². The molecule has 0 unspecified atom stereocenters. The largest absolute Gasteiger partial charge is 0.480 e. The van der Waals surface area contributed by atoms with Gasteiger partial charge in [-0.3, -0.25) is 13.9 Å². The Bertz CT molecular complexity index is 331. The van der Waals surface area contributed by atoms with Crippen molar-refractivity contribution in [3.8, 4) is 0 Å². The molecule has 1 aromatic rings. The fourth-order valence-electron chi connectivity index (χ4n) is 1.01. The van der Waals surface area contributed by atoms with E-state index in [1.165, 1.54) is 12.1 Å². The Morgan fingerprint density at radius 3 is 2.21 bits per heavy atom. The highest BCUT2D eigenvalue weighted by Crippen LogP contribution is 2.47. The number of carboxylic acids is 1. The fourth-order valence-corrected chi connectivity index (χ4v) is 2.09. The second-order valence-electron chi connectivity index (χ2n) is 3.02. The molecule has 0 aliphatic rings. The second-order valence-corrected chi connectivity index (χ2v) is 5.11. The zero-order valence-corrected chi connectivity index (χ0v) is 8.49. The van der Waals surface area contributed by atoms with Crippen molar-refractivity contribution in [1.82, 2.24) is 0 Å². The first-order chi connectivity index (χ1) is 6.42. The molecule has 1 rings (SSSR count). The minimum atomic E-state index is -3.18. The van der Waals surface area contributed by atoms with Crippen LogP contribution in [0, 0.1) is 6.92 Å². The molecule has 1 aromatic carbocycles. The van der Waals surface area contributed by atoms with Crippen LogP contribution in [0.3, 0.4) is 0 Å². The Balaban J connectivity index is 2.91. The van der Waals surface area contributed by atoms with Crippen molar-refractivity contribution in [1.29, 1.82) is 0 Å². The molecule has 0 saturated heterocycles. The number of carboxylic acid groups (broad SMARTS) is 1. The minimum absolute atomic E-state index is 0.269. The normalized spacial score (nSPS) is 12.5. The third-order valence-electron chi connectivity index (χ3n) is 1.72. The molecule has 0 aromatic heterocycles. The number of aryl methyl sites for hydroxylation is 1. The van der Waals surface area contributed by atoms with E-state index < -0.39 is 22.3 Å². The lowest BCUT2D eigenvalue weighted by atomic mass is 10.2. The van der Waals surface area contributed by atoms with Gasteiger partial charge in [-0.25, -0.2) is 0 Å². The van der Waals surface area contributed by atoms with Crippen molar-refractivity contribution in [3.63, 3.8) is 0 Å². The Morgan fingerprint density at radius 1 is 1.29 bits per heavy atom. The number of hydrogen-bond acceptors (Lipinski definition) is 3. The monoisotopic (exact) mass is 216 g/mol. The third kappa shape index (κ3) is 2.73. The van der Waals surface area contributed by atoms with Gasteiger partial charge in [0.1, 0.15) is 5.75 Å². The zero-order chi connectivity index (χ0) is 10.8. The molecule has 4 nitrogen and oxygen atoms in total. The van der Waals surface area contributed by atoms with Crippen molar-refractivity contribution >= 4 is 16.6 Å². The summed E-state index contributed by atoms with van der Waals surface area (Å²) in [6, 6.07) is 6.50. The Labute approximate surface area is 83.5 Å². The quantitative estimate of drug-likeness (QED) is 0.723. The van der Waals surface area contributed by atoms with Crippen LogP contribution >= 0.6 is 10.6 Å². The van der Waals surface area contributed by atoms with Gasteiger partial charge in [0.25, 0.3) is 0 Å². The van der Waals surface area contributed by atoms with Gasteiger partial charge < -0.3 is 5.11 Å². The van der Waals surface area contributed by atoms with E-state index in [4.69, 9.17) is 5.11 Å². The van der Waals surface area contributed by atoms with Crippen LogP contribution in [-0.2, 0) is 4.79 Å². The maximum absolute atomic E-state index is 10.4. The molecule has 0 bridgehead atoms. The third-order valence-corrected chi connectivity index (χ3v) is 3.40. The first-order valence-corrected chi connectivity index (χ1v) is 5.68. The van der Waals surface area contributed by atoms with Gasteiger partial charge in [-0.05, 0) is 19.1 Å². The molecule has 14 heavy (non-hydrogen) atoms. The predicted octanol–water partition coefficient (Wildman–Crippen LogP) is 2.19. The van der Waals surface area contributed by atoms with Crippen molar-refractivity contribution in [2.45, 2.75) is 11.8 Å². The molecule has 0 atom stereocenters. The van der Waals surface area contributed by atoms with Gasteiger partial charge in [0, 0.05) is 0 Å². The van der Waals surface area contributed by atoms with Gasteiger partial charge in [0.05, 0.1) is 4.90 Å². The van der Waals surface area contributed by atoms with Crippen LogP contribution in [0.5, 0.6) is 0 Å². The molecular formula is C9H12O4S. The molecule has 78 valence electrons. The van der Waals surface area contributed by atoms with Crippen LogP contribution < -0.4 is 0 Å². The van der Waals surface area contributed by atoms with Crippen LogP contribution in [0.25, 0.3) is 0 Å². The van der Waals surface area contributed by atoms with Crippen LogP contribution in [0.2, 0.25) is 0 Å². The van der Waals surface area contributed by atoms with Gasteiger partial charge in [0.2, 0.25) is 0 Å². The highest BCUT2D eigenvalue weighted by molar-refractivity contribution is 8.24. The molecule has 0 aliphatic heterocycles.